The second-order valence-corrected chi connectivity index (χ2v) is 7.51. The molecular formula is C20H30N4. The van der Waals surface area contributed by atoms with Crippen molar-refractivity contribution in [1.29, 1.82) is 0 Å². The number of aromatic nitrogens is 4. The van der Waals surface area contributed by atoms with Gasteiger partial charge in [0.2, 0.25) is 0 Å². The second kappa shape index (κ2) is 7.65. The van der Waals surface area contributed by atoms with Gasteiger partial charge in [0.05, 0.1) is 22.9 Å². The molecule has 0 N–H and O–H groups in total. The molecule has 0 atom stereocenters. The van der Waals surface area contributed by atoms with E-state index in [2.05, 4.69) is 73.7 Å². The molecule has 1 aromatic carbocycles. The fourth-order valence-electron chi connectivity index (χ4n) is 2.52. The van der Waals surface area contributed by atoms with Crippen LogP contribution in [0.15, 0.2) is 30.6 Å². The predicted octanol–water partition coefficient (Wildman–Crippen LogP) is 4.93. The maximum Gasteiger partial charge on any atom is 0.106 e. The quantitative estimate of drug-likeness (QED) is 0.684. The van der Waals surface area contributed by atoms with Gasteiger partial charge in [0.1, 0.15) is 5.82 Å². The summed E-state index contributed by atoms with van der Waals surface area (Å²) >= 11 is 0. The van der Waals surface area contributed by atoms with Gasteiger partial charge in [0.25, 0.3) is 0 Å². The standard InChI is InChI=1S/C16H20N4.C4H10/c1-11(2)7-13-9-17-20(10-13)14-5-6-15-16(8-14)19(4)12(3)18-15;1-4(2)3/h5-6,8-11H,7H2,1-4H3;4H,1-3H3. The number of imidazole rings is 1. The fraction of sp³-hybridized carbons (Fsp3) is 0.500. The molecule has 0 spiro atoms. The molecule has 0 aliphatic rings. The van der Waals surface area contributed by atoms with E-state index in [4.69, 9.17) is 0 Å². The number of hydrogen-bond donors (Lipinski definition) is 0. The number of benzene rings is 1. The fourth-order valence-corrected chi connectivity index (χ4v) is 2.52. The Morgan fingerprint density at radius 1 is 1.08 bits per heavy atom. The first-order valence-corrected chi connectivity index (χ1v) is 8.75. The third kappa shape index (κ3) is 4.47. The molecule has 0 radical (unpaired) electrons. The molecule has 24 heavy (non-hydrogen) atoms. The van der Waals surface area contributed by atoms with E-state index in [-0.39, 0.29) is 0 Å². The Hall–Kier alpha value is -2.10. The van der Waals surface area contributed by atoms with E-state index >= 15 is 0 Å². The summed E-state index contributed by atoms with van der Waals surface area (Å²) in [5, 5.41) is 4.47. The van der Waals surface area contributed by atoms with E-state index in [0.29, 0.717) is 5.92 Å². The van der Waals surface area contributed by atoms with Gasteiger partial charge < -0.3 is 4.57 Å². The van der Waals surface area contributed by atoms with Crippen LogP contribution in [0.5, 0.6) is 0 Å². The van der Waals surface area contributed by atoms with E-state index in [1.54, 1.807) is 0 Å². The maximum atomic E-state index is 4.53. The Labute approximate surface area is 145 Å². The molecule has 0 unspecified atom stereocenters. The predicted molar refractivity (Wildman–Crippen MR) is 102 cm³/mol. The molecule has 4 nitrogen and oxygen atoms in total. The highest BCUT2D eigenvalue weighted by atomic mass is 15.3. The van der Waals surface area contributed by atoms with E-state index in [0.717, 1.165) is 34.9 Å². The summed E-state index contributed by atoms with van der Waals surface area (Å²) in [7, 11) is 2.04. The zero-order valence-corrected chi connectivity index (χ0v) is 16.0. The van der Waals surface area contributed by atoms with Crippen molar-refractivity contribution in [3.63, 3.8) is 0 Å². The van der Waals surface area contributed by atoms with E-state index < -0.39 is 0 Å². The van der Waals surface area contributed by atoms with E-state index in [9.17, 15) is 0 Å². The van der Waals surface area contributed by atoms with Gasteiger partial charge in [0.15, 0.2) is 0 Å². The van der Waals surface area contributed by atoms with Crippen molar-refractivity contribution in [2.45, 2.75) is 48.0 Å². The van der Waals surface area contributed by atoms with Crippen molar-refractivity contribution in [2.24, 2.45) is 18.9 Å². The van der Waals surface area contributed by atoms with Gasteiger partial charge in [-0.05, 0) is 48.9 Å². The van der Waals surface area contributed by atoms with Gasteiger partial charge >= 0.3 is 0 Å². The van der Waals surface area contributed by atoms with Gasteiger partial charge in [-0.3, -0.25) is 0 Å². The highest BCUT2D eigenvalue weighted by Crippen LogP contribution is 2.19. The minimum atomic E-state index is 0.648. The highest BCUT2D eigenvalue weighted by Gasteiger charge is 2.07. The Balaban J connectivity index is 0.000000471. The molecule has 0 bridgehead atoms. The zero-order valence-electron chi connectivity index (χ0n) is 16.0. The summed E-state index contributed by atoms with van der Waals surface area (Å²) < 4.78 is 4.05. The number of fused-ring (bicyclic) bond motifs is 1. The van der Waals surface area contributed by atoms with E-state index in [1.807, 2.05) is 24.9 Å². The van der Waals surface area contributed by atoms with Crippen LogP contribution in [0.1, 0.15) is 46.0 Å². The average molecular weight is 326 g/mol. The summed E-state index contributed by atoms with van der Waals surface area (Å²) in [5.74, 6) is 2.51. The summed E-state index contributed by atoms with van der Waals surface area (Å²) in [4.78, 5) is 4.53. The monoisotopic (exact) mass is 326 g/mol. The first kappa shape index (κ1) is 18.2. The van der Waals surface area contributed by atoms with Crippen LogP contribution in [0.3, 0.4) is 0 Å². The van der Waals surface area contributed by atoms with Crippen molar-refractivity contribution in [2.75, 3.05) is 0 Å². The SMILES string of the molecule is CC(C)C.Cc1nc2ccc(-n3cc(CC(C)C)cn3)cc2n1C. The van der Waals surface area contributed by atoms with Crippen molar-refractivity contribution in [1.82, 2.24) is 19.3 Å². The van der Waals surface area contributed by atoms with Crippen LogP contribution in [0.2, 0.25) is 0 Å². The van der Waals surface area contributed by atoms with E-state index in [1.165, 1.54) is 5.56 Å². The Kier molecular flexibility index (Phi) is 5.81. The summed E-state index contributed by atoms with van der Waals surface area (Å²) in [5.41, 5.74) is 4.53. The molecular weight excluding hydrogens is 296 g/mol. The number of aryl methyl sites for hydroxylation is 2. The molecule has 3 rings (SSSR count). The average Bonchev–Trinajstić information content (AvgIpc) is 3.04. The second-order valence-electron chi connectivity index (χ2n) is 7.51. The van der Waals surface area contributed by atoms with Gasteiger partial charge in [-0.15, -0.1) is 0 Å². The topological polar surface area (TPSA) is 35.6 Å². The molecule has 130 valence electrons. The number of nitrogens with zero attached hydrogens (tertiary/aromatic N) is 4. The van der Waals surface area contributed by atoms with Crippen LogP contribution in [0.4, 0.5) is 0 Å². The van der Waals surface area contributed by atoms with Gasteiger partial charge in [-0.25, -0.2) is 9.67 Å². The lowest BCUT2D eigenvalue weighted by molar-refractivity contribution is 0.647. The van der Waals surface area contributed by atoms with Crippen molar-refractivity contribution < 1.29 is 0 Å². The Morgan fingerprint density at radius 3 is 2.38 bits per heavy atom. The van der Waals surface area contributed by atoms with Crippen LogP contribution in [-0.4, -0.2) is 19.3 Å². The van der Waals surface area contributed by atoms with Gasteiger partial charge in [0, 0.05) is 13.2 Å². The Morgan fingerprint density at radius 2 is 1.75 bits per heavy atom. The third-order valence-corrected chi connectivity index (χ3v) is 3.63. The Bertz CT molecular complexity index is 790. The summed E-state index contributed by atoms with van der Waals surface area (Å²) in [6.07, 6.45) is 5.14. The number of rotatable bonds is 3. The molecule has 4 heteroatoms. The smallest absolute Gasteiger partial charge is 0.106 e. The number of hydrogen-bond acceptors (Lipinski definition) is 2. The molecule has 0 saturated heterocycles. The highest BCUT2D eigenvalue weighted by molar-refractivity contribution is 5.78. The lowest BCUT2D eigenvalue weighted by Gasteiger charge is -2.03. The molecule has 0 amide bonds. The van der Waals surface area contributed by atoms with Crippen LogP contribution in [0, 0.1) is 18.8 Å². The molecule has 0 aliphatic heterocycles. The molecule has 2 aromatic heterocycles. The van der Waals surface area contributed by atoms with Crippen LogP contribution in [-0.2, 0) is 13.5 Å². The molecule has 0 saturated carbocycles. The molecule has 3 aromatic rings. The first-order valence-electron chi connectivity index (χ1n) is 8.75. The molecule has 0 fully saturated rings. The summed E-state index contributed by atoms with van der Waals surface area (Å²) in [6, 6.07) is 6.27. The largest absolute Gasteiger partial charge is 0.331 e. The minimum absolute atomic E-state index is 0.648. The maximum absolute atomic E-state index is 4.53. The zero-order chi connectivity index (χ0) is 17.9. The van der Waals surface area contributed by atoms with Crippen LogP contribution in [0.25, 0.3) is 16.7 Å². The normalized spacial score (nSPS) is 11.2. The third-order valence-electron chi connectivity index (χ3n) is 3.63. The van der Waals surface area contributed by atoms with Crippen molar-refractivity contribution in [3.8, 4) is 5.69 Å². The van der Waals surface area contributed by atoms with Crippen LogP contribution >= 0.6 is 0 Å². The van der Waals surface area contributed by atoms with Crippen molar-refractivity contribution >= 4 is 11.0 Å². The first-order chi connectivity index (χ1) is 11.3. The van der Waals surface area contributed by atoms with Crippen molar-refractivity contribution in [3.05, 3.63) is 42.0 Å². The van der Waals surface area contributed by atoms with Crippen LogP contribution < -0.4 is 0 Å². The van der Waals surface area contributed by atoms with Gasteiger partial charge in [-0.1, -0.05) is 34.6 Å². The van der Waals surface area contributed by atoms with Gasteiger partial charge in [-0.2, -0.15) is 5.10 Å². The summed E-state index contributed by atoms with van der Waals surface area (Å²) in [6.45, 7) is 13.0. The lowest BCUT2D eigenvalue weighted by atomic mass is 10.1. The molecule has 2 heterocycles. The minimum Gasteiger partial charge on any atom is -0.331 e. The lowest BCUT2D eigenvalue weighted by Crippen LogP contribution is -1.96. The molecule has 0 aliphatic carbocycles.